The predicted molar refractivity (Wildman–Crippen MR) is 77.7 cm³/mol. The highest BCUT2D eigenvalue weighted by molar-refractivity contribution is 5.85. The van der Waals surface area contributed by atoms with Gasteiger partial charge in [-0.3, -0.25) is 0 Å². The van der Waals surface area contributed by atoms with Crippen molar-refractivity contribution in [3.05, 3.63) is 53.3 Å². The molecular formula is C15H13F3N4. The van der Waals surface area contributed by atoms with E-state index in [9.17, 15) is 13.2 Å². The summed E-state index contributed by atoms with van der Waals surface area (Å²) in [6, 6.07) is 5.89. The lowest BCUT2D eigenvalue weighted by Gasteiger charge is -2.30. The van der Waals surface area contributed by atoms with Crippen LogP contribution in [0.25, 0.3) is 11.1 Å². The van der Waals surface area contributed by atoms with E-state index < -0.39 is 23.6 Å². The number of hydrogen-bond donors (Lipinski definition) is 2. The zero-order valence-electron chi connectivity index (χ0n) is 11.6. The first-order valence-corrected chi connectivity index (χ1v) is 6.50. The molecule has 1 aliphatic heterocycles. The third-order valence-electron chi connectivity index (χ3n) is 3.66. The normalized spacial score (nSPS) is 17.2. The Kier molecular flexibility index (Phi) is 3.29. The summed E-state index contributed by atoms with van der Waals surface area (Å²) in [6.07, 6.45) is -0.496. The van der Waals surface area contributed by atoms with E-state index in [0.29, 0.717) is 23.4 Å². The van der Waals surface area contributed by atoms with Crippen LogP contribution in [0.15, 0.2) is 35.3 Å². The summed E-state index contributed by atoms with van der Waals surface area (Å²) in [5.41, 5.74) is 12.8. The second-order valence-corrected chi connectivity index (χ2v) is 5.04. The highest BCUT2D eigenvalue weighted by atomic mass is 19.1. The summed E-state index contributed by atoms with van der Waals surface area (Å²) in [5, 5.41) is 0. The molecule has 1 unspecified atom stereocenters. The number of benzene rings is 2. The number of aliphatic imine (C=N–C) groups is 1. The average molecular weight is 306 g/mol. The Bertz CT molecular complexity index is 765. The minimum absolute atomic E-state index is 0.206. The number of hydrogen-bond acceptors (Lipinski definition) is 4. The summed E-state index contributed by atoms with van der Waals surface area (Å²) in [5.74, 6) is -2.72. The first-order chi connectivity index (χ1) is 10.4. The molecule has 0 saturated heterocycles. The van der Waals surface area contributed by atoms with Crippen LogP contribution in [0.3, 0.4) is 0 Å². The van der Waals surface area contributed by atoms with E-state index >= 15 is 0 Å². The fraction of sp³-hybridized carbons (Fsp3) is 0.133. The van der Waals surface area contributed by atoms with Gasteiger partial charge in [-0.2, -0.15) is 0 Å². The highest BCUT2D eigenvalue weighted by Crippen LogP contribution is 2.36. The number of guanidine groups is 1. The number of rotatable bonds is 1. The molecule has 114 valence electrons. The highest BCUT2D eigenvalue weighted by Gasteiger charge is 2.24. The maximum absolute atomic E-state index is 13.9. The molecular weight excluding hydrogens is 293 g/mol. The molecule has 2 aromatic rings. The van der Waals surface area contributed by atoms with Crippen molar-refractivity contribution in [1.29, 1.82) is 0 Å². The van der Waals surface area contributed by atoms with Crippen LogP contribution in [0.5, 0.6) is 0 Å². The summed E-state index contributed by atoms with van der Waals surface area (Å²) in [6.45, 7) is 0. The molecule has 0 fully saturated rings. The van der Waals surface area contributed by atoms with Crippen molar-refractivity contribution in [3.8, 4) is 11.1 Å². The quantitative estimate of drug-likeness (QED) is 0.851. The van der Waals surface area contributed by atoms with E-state index in [-0.39, 0.29) is 17.1 Å². The molecule has 4 N–H and O–H groups in total. The molecule has 1 heterocycles. The van der Waals surface area contributed by atoms with Crippen molar-refractivity contribution in [3.63, 3.8) is 0 Å². The summed E-state index contributed by atoms with van der Waals surface area (Å²) >= 11 is 0. The third kappa shape index (κ3) is 2.19. The molecule has 22 heavy (non-hydrogen) atoms. The number of nitrogens with two attached hydrogens (primary N) is 2. The van der Waals surface area contributed by atoms with Crippen LogP contribution in [0, 0.1) is 17.5 Å². The molecule has 1 aliphatic rings. The lowest BCUT2D eigenvalue weighted by molar-refractivity contribution is 0.375. The van der Waals surface area contributed by atoms with Gasteiger partial charge in [0.25, 0.3) is 0 Å². The molecule has 0 aromatic heterocycles. The molecule has 0 amide bonds. The first-order valence-electron chi connectivity index (χ1n) is 6.50. The second kappa shape index (κ2) is 5.03. The van der Waals surface area contributed by atoms with Crippen molar-refractivity contribution >= 4 is 11.6 Å². The fourth-order valence-corrected chi connectivity index (χ4v) is 2.42. The minimum Gasteiger partial charge on any atom is -0.369 e. The third-order valence-corrected chi connectivity index (χ3v) is 3.66. The molecule has 7 heteroatoms. The zero-order valence-corrected chi connectivity index (χ0v) is 11.6. The summed E-state index contributed by atoms with van der Waals surface area (Å²) in [7, 11) is 1.69. The van der Waals surface area contributed by atoms with Gasteiger partial charge in [0.05, 0.1) is 11.3 Å². The molecule has 0 saturated carbocycles. The molecule has 0 radical (unpaired) electrons. The maximum atomic E-state index is 13.9. The molecule has 1 atom stereocenters. The lowest BCUT2D eigenvalue weighted by Crippen LogP contribution is -2.42. The monoisotopic (exact) mass is 306 g/mol. The van der Waals surface area contributed by atoms with Gasteiger partial charge in [0.15, 0.2) is 5.96 Å². The van der Waals surface area contributed by atoms with Gasteiger partial charge in [0.2, 0.25) is 0 Å². The van der Waals surface area contributed by atoms with E-state index in [0.717, 1.165) is 0 Å². The van der Waals surface area contributed by atoms with Crippen molar-refractivity contribution in [2.75, 3.05) is 7.05 Å². The Morgan fingerprint density at radius 2 is 1.73 bits per heavy atom. The maximum Gasteiger partial charge on any atom is 0.197 e. The largest absolute Gasteiger partial charge is 0.369 e. The zero-order chi connectivity index (χ0) is 16.0. The van der Waals surface area contributed by atoms with Crippen LogP contribution in [-0.2, 0) is 0 Å². The molecule has 4 nitrogen and oxygen atoms in total. The van der Waals surface area contributed by atoms with Gasteiger partial charge in [-0.15, -0.1) is 0 Å². The van der Waals surface area contributed by atoms with Gasteiger partial charge in [0, 0.05) is 24.7 Å². The van der Waals surface area contributed by atoms with Crippen molar-refractivity contribution in [2.24, 2.45) is 16.5 Å². The first kappa shape index (κ1) is 14.4. The van der Waals surface area contributed by atoms with Crippen LogP contribution >= 0.6 is 0 Å². The molecule has 0 spiro atoms. The van der Waals surface area contributed by atoms with E-state index in [2.05, 4.69) is 4.99 Å². The minimum atomic E-state index is -0.980. The Morgan fingerprint density at radius 3 is 2.36 bits per heavy atom. The lowest BCUT2D eigenvalue weighted by atomic mass is 9.99. The van der Waals surface area contributed by atoms with Crippen LogP contribution < -0.4 is 11.5 Å². The number of nitrogens with zero attached hydrogens (tertiary/aromatic N) is 2. The number of fused-ring (bicyclic) bond motifs is 1. The van der Waals surface area contributed by atoms with E-state index in [1.807, 2.05) is 0 Å². The van der Waals surface area contributed by atoms with E-state index in [4.69, 9.17) is 11.5 Å². The Hall–Kier alpha value is -2.54. The Morgan fingerprint density at radius 1 is 1.09 bits per heavy atom. The molecule has 2 aromatic carbocycles. The average Bonchev–Trinajstić information content (AvgIpc) is 2.43. The Balaban J connectivity index is 2.16. The van der Waals surface area contributed by atoms with Gasteiger partial charge < -0.3 is 16.4 Å². The smallest absolute Gasteiger partial charge is 0.197 e. The standard InChI is InChI=1S/C15H13F3N4/c1-22-14(19)9-3-2-7(4-12(9)21-15(22)20)13-10(17)5-8(16)6-11(13)18/h2-6,14H,19H2,1H3,(H2,20,21). The predicted octanol–water partition coefficient (Wildman–Crippen LogP) is 2.62. The van der Waals surface area contributed by atoms with Crippen LogP contribution in [0.2, 0.25) is 0 Å². The van der Waals surface area contributed by atoms with Crippen molar-refractivity contribution in [1.82, 2.24) is 4.90 Å². The molecule has 0 bridgehead atoms. The Labute approximate surface area is 124 Å². The fourth-order valence-electron chi connectivity index (χ4n) is 2.42. The van der Waals surface area contributed by atoms with Gasteiger partial charge in [-0.25, -0.2) is 18.2 Å². The van der Waals surface area contributed by atoms with Crippen molar-refractivity contribution in [2.45, 2.75) is 6.17 Å². The van der Waals surface area contributed by atoms with Crippen LogP contribution in [0.4, 0.5) is 18.9 Å². The van der Waals surface area contributed by atoms with Crippen molar-refractivity contribution < 1.29 is 13.2 Å². The summed E-state index contributed by atoms with van der Waals surface area (Å²) < 4.78 is 40.7. The molecule has 0 aliphatic carbocycles. The molecule has 3 rings (SSSR count). The van der Waals surface area contributed by atoms with Gasteiger partial charge >= 0.3 is 0 Å². The topological polar surface area (TPSA) is 67.6 Å². The number of halogens is 3. The second-order valence-electron chi connectivity index (χ2n) is 5.04. The van der Waals surface area contributed by atoms with Gasteiger partial charge in [0.1, 0.15) is 23.6 Å². The van der Waals surface area contributed by atoms with Crippen LogP contribution in [0.1, 0.15) is 11.7 Å². The van der Waals surface area contributed by atoms with Gasteiger partial charge in [-0.05, 0) is 11.6 Å². The van der Waals surface area contributed by atoms with Crippen LogP contribution in [-0.4, -0.2) is 17.9 Å². The van der Waals surface area contributed by atoms with E-state index in [1.54, 1.807) is 18.0 Å². The summed E-state index contributed by atoms with van der Waals surface area (Å²) in [4.78, 5) is 5.75. The SMILES string of the molecule is CN1C(N)=Nc2cc(-c3c(F)cc(F)cc3F)ccc2C1N. The van der Waals surface area contributed by atoms with Gasteiger partial charge in [-0.1, -0.05) is 12.1 Å². The van der Waals surface area contributed by atoms with E-state index in [1.165, 1.54) is 12.1 Å².